The topological polar surface area (TPSA) is 111 Å². The molecule has 0 unspecified atom stereocenters. The van der Waals surface area contributed by atoms with Gasteiger partial charge in [-0.15, -0.1) is 12.4 Å². The van der Waals surface area contributed by atoms with Crippen molar-refractivity contribution >= 4 is 45.1 Å². The number of fused-ring (bicyclic) bond motifs is 1. The summed E-state index contributed by atoms with van der Waals surface area (Å²) in [5.74, 6) is 1.87. The Kier molecular flexibility index (Phi) is 8.67. The molecule has 5 rings (SSSR count). The summed E-state index contributed by atoms with van der Waals surface area (Å²) in [6.45, 7) is 8.05. The molecular formula is C30H36ClN5O4S. The summed E-state index contributed by atoms with van der Waals surface area (Å²) in [5, 5.41) is 0.663. The maximum atomic E-state index is 13.4. The average molecular weight is 598 g/mol. The summed E-state index contributed by atoms with van der Waals surface area (Å²) < 4.78 is 39.1. The number of hydrogen-bond donors (Lipinski definition) is 1. The predicted molar refractivity (Wildman–Crippen MR) is 166 cm³/mol. The van der Waals surface area contributed by atoms with Crippen LogP contribution in [-0.2, 0) is 15.4 Å². The van der Waals surface area contributed by atoms with Crippen LogP contribution in [0.2, 0.25) is 0 Å². The Morgan fingerprint density at radius 1 is 0.805 bits per heavy atom. The minimum absolute atomic E-state index is 0. The minimum atomic E-state index is -3.64. The Balaban J connectivity index is 0.00000387. The van der Waals surface area contributed by atoms with E-state index in [4.69, 9.17) is 15.2 Å². The summed E-state index contributed by atoms with van der Waals surface area (Å²) in [6.07, 6.45) is 0. The molecule has 41 heavy (non-hydrogen) atoms. The number of nitrogens with zero attached hydrogens (tertiary/aromatic N) is 4. The van der Waals surface area contributed by atoms with Crippen molar-refractivity contribution in [2.45, 2.75) is 31.1 Å². The van der Waals surface area contributed by atoms with Gasteiger partial charge >= 0.3 is 0 Å². The summed E-state index contributed by atoms with van der Waals surface area (Å²) >= 11 is 0. The van der Waals surface area contributed by atoms with Crippen molar-refractivity contribution in [3.8, 4) is 22.6 Å². The molecule has 0 aliphatic carbocycles. The normalized spacial score (nSPS) is 14.5. The van der Waals surface area contributed by atoms with Gasteiger partial charge in [0.2, 0.25) is 16.0 Å². The fourth-order valence-corrected chi connectivity index (χ4v) is 6.29. The lowest BCUT2D eigenvalue weighted by atomic mass is 9.86. The lowest BCUT2D eigenvalue weighted by Gasteiger charge is -2.34. The highest BCUT2D eigenvalue weighted by Crippen LogP contribution is 2.34. The molecule has 0 spiro atoms. The van der Waals surface area contributed by atoms with E-state index < -0.39 is 10.0 Å². The second-order valence-corrected chi connectivity index (χ2v) is 12.8. The number of sulfonamides is 1. The molecule has 1 aliphatic heterocycles. The zero-order valence-corrected chi connectivity index (χ0v) is 25.6. The van der Waals surface area contributed by atoms with Gasteiger partial charge in [0.05, 0.1) is 24.6 Å². The number of hydrogen-bond acceptors (Lipinski definition) is 8. The molecule has 4 aromatic rings. The molecule has 1 aliphatic rings. The van der Waals surface area contributed by atoms with Gasteiger partial charge in [0.1, 0.15) is 5.82 Å². The molecule has 11 heteroatoms. The summed E-state index contributed by atoms with van der Waals surface area (Å²) in [6, 6.07) is 19.0. The van der Waals surface area contributed by atoms with Gasteiger partial charge in [-0.2, -0.15) is 9.29 Å². The summed E-state index contributed by atoms with van der Waals surface area (Å²) in [4.78, 5) is 11.4. The van der Waals surface area contributed by atoms with Gasteiger partial charge in [-0.25, -0.2) is 13.4 Å². The predicted octanol–water partition coefficient (Wildman–Crippen LogP) is 5.13. The first kappa shape index (κ1) is 30.4. The highest BCUT2D eigenvalue weighted by molar-refractivity contribution is 7.89. The van der Waals surface area contributed by atoms with Crippen LogP contribution in [0.5, 0.6) is 11.5 Å². The van der Waals surface area contributed by atoms with Gasteiger partial charge in [0, 0.05) is 37.6 Å². The van der Waals surface area contributed by atoms with Gasteiger partial charge in [-0.05, 0) is 40.3 Å². The van der Waals surface area contributed by atoms with Crippen LogP contribution >= 0.6 is 12.4 Å². The number of nitrogens with two attached hydrogens (primary N) is 1. The molecule has 218 valence electrons. The first-order valence-corrected chi connectivity index (χ1v) is 14.6. The molecule has 0 atom stereocenters. The van der Waals surface area contributed by atoms with E-state index in [9.17, 15) is 8.42 Å². The van der Waals surface area contributed by atoms with Crippen molar-refractivity contribution in [1.29, 1.82) is 0 Å². The van der Waals surface area contributed by atoms with Crippen molar-refractivity contribution in [1.82, 2.24) is 14.3 Å². The first-order valence-electron chi connectivity index (χ1n) is 13.2. The van der Waals surface area contributed by atoms with E-state index in [0.29, 0.717) is 60.3 Å². The number of benzene rings is 3. The van der Waals surface area contributed by atoms with Gasteiger partial charge in [-0.3, -0.25) is 0 Å². The number of methoxy groups -OCH3 is 2. The molecule has 2 N–H and O–H groups in total. The van der Waals surface area contributed by atoms with Crippen LogP contribution in [0, 0.1) is 0 Å². The van der Waals surface area contributed by atoms with Crippen molar-refractivity contribution in [2.24, 2.45) is 0 Å². The van der Waals surface area contributed by atoms with E-state index >= 15 is 0 Å². The summed E-state index contributed by atoms with van der Waals surface area (Å²) in [7, 11) is -0.521. The number of ether oxygens (including phenoxy) is 2. The monoisotopic (exact) mass is 597 g/mol. The number of piperazine rings is 1. The van der Waals surface area contributed by atoms with Crippen LogP contribution < -0.4 is 20.1 Å². The van der Waals surface area contributed by atoms with E-state index in [0.717, 1.165) is 11.1 Å². The quantitative estimate of drug-likeness (QED) is 0.326. The maximum absolute atomic E-state index is 13.4. The third-order valence-corrected chi connectivity index (χ3v) is 9.23. The highest BCUT2D eigenvalue weighted by Gasteiger charge is 2.30. The van der Waals surface area contributed by atoms with Crippen molar-refractivity contribution in [3.63, 3.8) is 0 Å². The third-order valence-electron chi connectivity index (χ3n) is 7.32. The van der Waals surface area contributed by atoms with E-state index in [1.807, 2.05) is 17.0 Å². The van der Waals surface area contributed by atoms with Crippen LogP contribution in [0.15, 0.2) is 65.6 Å². The highest BCUT2D eigenvalue weighted by atomic mass is 35.5. The Hall–Kier alpha value is -3.60. The molecule has 0 saturated carbocycles. The number of anilines is 2. The Labute approximate surface area is 247 Å². The van der Waals surface area contributed by atoms with Gasteiger partial charge in [0.15, 0.2) is 11.5 Å². The zero-order valence-electron chi connectivity index (χ0n) is 23.9. The van der Waals surface area contributed by atoms with E-state index in [2.05, 4.69) is 55.0 Å². The second kappa shape index (κ2) is 11.7. The second-order valence-electron chi connectivity index (χ2n) is 10.9. The first-order chi connectivity index (χ1) is 19.0. The largest absolute Gasteiger partial charge is 0.493 e. The zero-order chi connectivity index (χ0) is 28.7. The Bertz CT molecular complexity index is 1630. The van der Waals surface area contributed by atoms with E-state index in [-0.39, 0.29) is 22.7 Å². The standard InChI is InChI=1S/C30H35N5O4S.ClH/c1-30(2,3)22-10-6-20(7-11-22)21-8-12-23(13-9-21)40(36,37)35-16-14-34(15-17-35)29-32-25-19-27(39-5)26(38-4)18-24(25)28(31)33-29;/h6-13,18-19H,14-17H2,1-5H3,(H2,31,32,33);1H. The minimum Gasteiger partial charge on any atom is -0.493 e. The van der Waals surface area contributed by atoms with Gasteiger partial charge < -0.3 is 20.1 Å². The van der Waals surface area contributed by atoms with Crippen molar-refractivity contribution in [3.05, 3.63) is 66.2 Å². The number of nitrogen functional groups attached to an aromatic ring is 1. The third kappa shape index (κ3) is 6.05. The molecule has 0 bridgehead atoms. The van der Waals surface area contributed by atoms with Gasteiger partial charge in [-0.1, -0.05) is 57.2 Å². The Morgan fingerprint density at radius 3 is 1.88 bits per heavy atom. The average Bonchev–Trinajstić information content (AvgIpc) is 2.96. The van der Waals surface area contributed by atoms with Gasteiger partial charge in [0.25, 0.3) is 0 Å². The number of halogens is 1. The van der Waals surface area contributed by atoms with Crippen LogP contribution in [0.3, 0.4) is 0 Å². The number of rotatable bonds is 6. The molecular weight excluding hydrogens is 562 g/mol. The molecule has 0 radical (unpaired) electrons. The van der Waals surface area contributed by atoms with E-state index in [1.165, 1.54) is 9.87 Å². The molecule has 0 amide bonds. The SMILES string of the molecule is COc1cc2nc(N3CCN(S(=O)(=O)c4ccc(-c5ccc(C(C)(C)C)cc5)cc4)CC3)nc(N)c2cc1OC.Cl. The smallest absolute Gasteiger partial charge is 0.243 e. The fraction of sp³-hybridized carbons (Fsp3) is 0.333. The summed E-state index contributed by atoms with van der Waals surface area (Å²) in [5.41, 5.74) is 10.2. The fourth-order valence-electron chi connectivity index (χ4n) is 4.87. The molecule has 1 aromatic heterocycles. The molecule has 1 saturated heterocycles. The van der Waals surface area contributed by atoms with Crippen LogP contribution in [0.4, 0.5) is 11.8 Å². The maximum Gasteiger partial charge on any atom is 0.243 e. The lowest BCUT2D eigenvalue weighted by molar-refractivity contribution is 0.356. The number of aromatic nitrogens is 2. The van der Waals surface area contributed by atoms with Crippen molar-refractivity contribution < 1.29 is 17.9 Å². The Morgan fingerprint density at radius 2 is 1.34 bits per heavy atom. The van der Waals surface area contributed by atoms with E-state index in [1.54, 1.807) is 38.5 Å². The van der Waals surface area contributed by atoms with Crippen molar-refractivity contribution in [2.75, 3.05) is 51.0 Å². The lowest BCUT2D eigenvalue weighted by Crippen LogP contribution is -2.49. The van der Waals surface area contributed by atoms with Crippen LogP contribution in [-0.4, -0.2) is 63.1 Å². The van der Waals surface area contributed by atoms with Crippen LogP contribution in [0.25, 0.3) is 22.0 Å². The van der Waals surface area contributed by atoms with Crippen LogP contribution in [0.1, 0.15) is 26.3 Å². The molecule has 3 aromatic carbocycles. The molecule has 1 fully saturated rings. The molecule has 2 heterocycles. The molecule has 9 nitrogen and oxygen atoms in total.